The van der Waals surface area contributed by atoms with E-state index in [1.807, 2.05) is 12.1 Å². The first-order valence-corrected chi connectivity index (χ1v) is 6.38. The molecule has 0 fully saturated rings. The maximum Gasteiger partial charge on any atom is 0.248 e. The molecule has 5 nitrogen and oxygen atoms in total. The van der Waals surface area contributed by atoms with Crippen LogP contribution in [0.5, 0.6) is 5.75 Å². The number of nitrogens with two attached hydrogens (primary N) is 2. The number of carbonyl (C=O) groups is 1. The van der Waals surface area contributed by atoms with E-state index in [4.69, 9.17) is 16.2 Å². The molecule has 0 spiro atoms. The number of primary amides is 1. The molecule has 1 amide bonds. The van der Waals surface area contributed by atoms with Crippen molar-refractivity contribution in [2.45, 2.75) is 12.8 Å². The number of carbonyl (C=O) groups excluding carboxylic acids is 1. The van der Waals surface area contributed by atoms with Crippen molar-refractivity contribution in [1.29, 1.82) is 0 Å². The number of pyridine rings is 1. The number of hydrogen-bond donors (Lipinski definition) is 2. The van der Waals surface area contributed by atoms with Gasteiger partial charge >= 0.3 is 0 Å². The van der Waals surface area contributed by atoms with Crippen LogP contribution in [0.4, 0.5) is 5.69 Å². The average molecular weight is 271 g/mol. The number of nitrogen functional groups attached to an aromatic ring is 1. The first-order chi connectivity index (χ1) is 9.66. The van der Waals surface area contributed by atoms with Crippen LogP contribution in [-0.2, 0) is 6.42 Å². The van der Waals surface area contributed by atoms with E-state index in [9.17, 15) is 4.79 Å². The molecule has 0 aliphatic heterocycles. The van der Waals surface area contributed by atoms with E-state index in [0.29, 0.717) is 23.6 Å². The van der Waals surface area contributed by atoms with E-state index < -0.39 is 5.91 Å². The largest absolute Gasteiger partial charge is 0.491 e. The molecule has 2 rings (SSSR count). The van der Waals surface area contributed by atoms with Crippen molar-refractivity contribution < 1.29 is 9.53 Å². The minimum atomic E-state index is -0.494. The highest BCUT2D eigenvalue weighted by molar-refractivity contribution is 5.93. The minimum absolute atomic E-state index is 0.392. The van der Waals surface area contributed by atoms with Gasteiger partial charge in [0.1, 0.15) is 5.75 Å². The fourth-order valence-electron chi connectivity index (χ4n) is 1.82. The molecule has 0 saturated heterocycles. The molecule has 0 atom stereocenters. The van der Waals surface area contributed by atoms with Gasteiger partial charge in [-0.2, -0.15) is 0 Å². The van der Waals surface area contributed by atoms with Gasteiger partial charge < -0.3 is 16.2 Å². The van der Waals surface area contributed by atoms with E-state index in [-0.39, 0.29) is 0 Å². The van der Waals surface area contributed by atoms with Gasteiger partial charge in [-0.15, -0.1) is 0 Å². The first kappa shape index (κ1) is 13.9. The summed E-state index contributed by atoms with van der Waals surface area (Å²) in [5.41, 5.74) is 13.1. The lowest BCUT2D eigenvalue weighted by Gasteiger charge is -2.09. The number of amides is 1. The van der Waals surface area contributed by atoms with Gasteiger partial charge in [-0.05, 0) is 48.7 Å². The van der Waals surface area contributed by atoms with Crippen LogP contribution in [0.3, 0.4) is 0 Å². The second kappa shape index (κ2) is 6.56. The number of benzene rings is 1. The Morgan fingerprint density at radius 3 is 2.65 bits per heavy atom. The van der Waals surface area contributed by atoms with Crippen LogP contribution in [0, 0.1) is 0 Å². The molecule has 104 valence electrons. The summed E-state index contributed by atoms with van der Waals surface area (Å²) in [7, 11) is 0. The van der Waals surface area contributed by atoms with Crippen LogP contribution in [0.1, 0.15) is 22.3 Å². The van der Waals surface area contributed by atoms with Gasteiger partial charge in [0.2, 0.25) is 5.91 Å². The zero-order valence-electron chi connectivity index (χ0n) is 11.1. The van der Waals surface area contributed by atoms with E-state index in [0.717, 1.165) is 12.8 Å². The fraction of sp³-hybridized carbons (Fsp3) is 0.200. The smallest absolute Gasteiger partial charge is 0.248 e. The lowest BCUT2D eigenvalue weighted by molar-refractivity contribution is 0.1000. The highest BCUT2D eigenvalue weighted by Gasteiger charge is 2.06. The van der Waals surface area contributed by atoms with Crippen molar-refractivity contribution in [2.24, 2.45) is 5.73 Å². The van der Waals surface area contributed by atoms with Crippen molar-refractivity contribution in [3.63, 3.8) is 0 Å². The second-order valence-corrected chi connectivity index (χ2v) is 4.42. The summed E-state index contributed by atoms with van der Waals surface area (Å²) in [6, 6.07) is 8.73. The Morgan fingerprint density at radius 2 is 1.95 bits per heavy atom. The van der Waals surface area contributed by atoms with Gasteiger partial charge in [-0.25, -0.2) is 0 Å². The van der Waals surface area contributed by atoms with Gasteiger partial charge in [0.25, 0.3) is 0 Å². The summed E-state index contributed by atoms with van der Waals surface area (Å²) in [5.74, 6) is 0.00247. The Kier molecular flexibility index (Phi) is 4.55. The van der Waals surface area contributed by atoms with Crippen molar-refractivity contribution in [3.05, 3.63) is 53.9 Å². The number of aromatic nitrogens is 1. The van der Waals surface area contributed by atoms with Crippen LogP contribution in [0.25, 0.3) is 0 Å². The first-order valence-electron chi connectivity index (χ1n) is 6.38. The lowest BCUT2D eigenvalue weighted by Crippen LogP contribution is -2.11. The summed E-state index contributed by atoms with van der Waals surface area (Å²) in [6.07, 6.45) is 5.29. The molecule has 0 aliphatic rings. The Labute approximate surface area is 117 Å². The topological polar surface area (TPSA) is 91.2 Å². The van der Waals surface area contributed by atoms with Gasteiger partial charge in [0, 0.05) is 18.0 Å². The molecule has 5 heteroatoms. The molecule has 0 saturated carbocycles. The van der Waals surface area contributed by atoms with Gasteiger partial charge in [-0.1, -0.05) is 0 Å². The van der Waals surface area contributed by atoms with Crippen LogP contribution in [-0.4, -0.2) is 17.5 Å². The molecule has 1 aromatic carbocycles. The minimum Gasteiger partial charge on any atom is -0.491 e. The van der Waals surface area contributed by atoms with Crippen LogP contribution in [0.15, 0.2) is 42.7 Å². The Morgan fingerprint density at radius 1 is 1.20 bits per heavy atom. The molecule has 0 bridgehead atoms. The molecule has 20 heavy (non-hydrogen) atoms. The summed E-state index contributed by atoms with van der Waals surface area (Å²) >= 11 is 0. The van der Waals surface area contributed by atoms with Crippen molar-refractivity contribution in [1.82, 2.24) is 4.98 Å². The molecular weight excluding hydrogens is 254 g/mol. The number of anilines is 1. The van der Waals surface area contributed by atoms with E-state index in [1.165, 1.54) is 5.56 Å². The van der Waals surface area contributed by atoms with Crippen LogP contribution in [0.2, 0.25) is 0 Å². The monoisotopic (exact) mass is 271 g/mol. The zero-order chi connectivity index (χ0) is 14.4. The molecule has 1 heterocycles. The highest BCUT2D eigenvalue weighted by atomic mass is 16.5. The van der Waals surface area contributed by atoms with Crippen LogP contribution >= 0.6 is 0 Å². The summed E-state index contributed by atoms with van der Waals surface area (Å²) < 4.78 is 5.60. The number of rotatable bonds is 6. The zero-order valence-corrected chi connectivity index (χ0v) is 11.1. The van der Waals surface area contributed by atoms with Gasteiger partial charge in [0.05, 0.1) is 12.3 Å². The maximum absolute atomic E-state index is 11.1. The molecular formula is C15H17N3O2. The Hall–Kier alpha value is -2.56. The van der Waals surface area contributed by atoms with Crippen molar-refractivity contribution >= 4 is 11.6 Å². The van der Waals surface area contributed by atoms with E-state index in [2.05, 4.69) is 4.98 Å². The normalized spacial score (nSPS) is 10.2. The SMILES string of the molecule is NC(=O)c1ccc(N)c(OCCCc2ccncc2)c1. The van der Waals surface area contributed by atoms with E-state index >= 15 is 0 Å². The summed E-state index contributed by atoms with van der Waals surface area (Å²) in [6.45, 7) is 0.523. The lowest BCUT2D eigenvalue weighted by atomic mass is 10.1. The van der Waals surface area contributed by atoms with Crippen molar-refractivity contribution in [3.8, 4) is 5.75 Å². The Balaban J connectivity index is 1.88. The summed E-state index contributed by atoms with van der Waals surface area (Å²) in [4.78, 5) is 15.1. The fourth-order valence-corrected chi connectivity index (χ4v) is 1.82. The quantitative estimate of drug-likeness (QED) is 0.618. The summed E-state index contributed by atoms with van der Waals surface area (Å²) in [5, 5.41) is 0. The Bertz CT molecular complexity index is 585. The van der Waals surface area contributed by atoms with Gasteiger partial charge in [0.15, 0.2) is 0 Å². The molecule has 0 radical (unpaired) electrons. The number of hydrogen-bond acceptors (Lipinski definition) is 4. The van der Waals surface area contributed by atoms with Crippen LogP contribution < -0.4 is 16.2 Å². The number of nitrogens with zero attached hydrogens (tertiary/aromatic N) is 1. The highest BCUT2D eigenvalue weighted by Crippen LogP contribution is 2.22. The van der Waals surface area contributed by atoms with Gasteiger partial charge in [-0.3, -0.25) is 9.78 Å². The molecule has 1 aromatic heterocycles. The number of aryl methyl sites for hydroxylation is 1. The van der Waals surface area contributed by atoms with Crippen molar-refractivity contribution in [2.75, 3.05) is 12.3 Å². The third-order valence-corrected chi connectivity index (χ3v) is 2.91. The number of ether oxygens (including phenoxy) is 1. The predicted octanol–water partition coefficient (Wildman–Crippen LogP) is 1.77. The third-order valence-electron chi connectivity index (χ3n) is 2.91. The predicted molar refractivity (Wildman–Crippen MR) is 77.4 cm³/mol. The van der Waals surface area contributed by atoms with E-state index in [1.54, 1.807) is 30.6 Å². The molecule has 2 aromatic rings. The molecule has 0 unspecified atom stereocenters. The molecule has 4 N–H and O–H groups in total. The molecule has 0 aliphatic carbocycles. The third kappa shape index (κ3) is 3.71. The second-order valence-electron chi connectivity index (χ2n) is 4.42. The maximum atomic E-state index is 11.1. The standard InChI is InChI=1S/C15H17N3O2/c16-13-4-3-12(15(17)19)10-14(13)20-9-1-2-11-5-7-18-8-6-11/h3-8,10H,1-2,9,16H2,(H2,17,19). The average Bonchev–Trinajstić information content (AvgIpc) is 2.46.